The van der Waals surface area contributed by atoms with Gasteiger partial charge in [-0.2, -0.15) is 4.31 Å². The van der Waals surface area contributed by atoms with Crippen LogP contribution in [0.2, 0.25) is 0 Å². The number of nitrogens with two attached hydrogens (primary N) is 1. The summed E-state index contributed by atoms with van der Waals surface area (Å²) in [6.45, 7) is 2.39. The molecule has 7 heteroatoms. The fraction of sp³-hybridized carbons (Fsp3) is 0.231. The summed E-state index contributed by atoms with van der Waals surface area (Å²) >= 11 is 1.49. The number of hydrogen-bond acceptors (Lipinski definition) is 4. The quantitative estimate of drug-likeness (QED) is 0.863. The van der Waals surface area contributed by atoms with Gasteiger partial charge in [-0.05, 0) is 29.6 Å². The monoisotopic (exact) mass is 314 g/mol. The third kappa shape index (κ3) is 3.00. The highest BCUT2D eigenvalue weighted by Crippen LogP contribution is 2.23. The lowest BCUT2D eigenvalue weighted by Crippen LogP contribution is -2.30. The van der Waals surface area contributed by atoms with Crippen LogP contribution in [0.4, 0.5) is 10.1 Å². The highest BCUT2D eigenvalue weighted by Gasteiger charge is 2.24. The molecule has 0 bridgehead atoms. The van der Waals surface area contributed by atoms with Gasteiger partial charge in [-0.3, -0.25) is 0 Å². The van der Waals surface area contributed by atoms with Gasteiger partial charge in [0.1, 0.15) is 5.82 Å². The summed E-state index contributed by atoms with van der Waals surface area (Å²) in [4.78, 5) is 0.959. The Kier molecular flexibility index (Phi) is 4.42. The Labute approximate surface area is 121 Å². The Hall–Kier alpha value is -1.44. The van der Waals surface area contributed by atoms with Crippen LogP contribution in [0.15, 0.2) is 40.6 Å². The molecule has 0 aliphatic heterocycles. The fourth-order valence-corrected chi connectivity index (χ4v) is 4.04. The number of nitrogens with zero attached hydrogens (tertiary/aromatic N) is 1. The van der Waals surface area contributed by atoms with E-state index in [0.29, 0.717) is 13.1 Å². The molecule has 0 aliphatic rings. The van der Waals surface area contributed by atoms with E-state index in [-0.39, 0.29) is 10.6 Å². The summed E-state index contributed by atoms with van der Waals surface area (Å²) in [5.74, 6) is -0.620. The average Bonchev–Trinajstić information content (AvgIpc) is 2.91. The first-order valence-electron chi connectivity index (χ1n) is 6.02. The summed E-state index contributed by atoms with van der Waals surface area (Å²) in [6, 6.07) is 7.21. The second-order valence-electron chi connectivity index (χ2n) is 4.19. The predicted octanol–water partition coefficient (Wildman–Crippen LogP) is 2.68. The maximum Gasteiger partial charge on any atom is 0.243 e. The van der Waals surface area contributed by atoms with Crippen molar-refractivity contribution in [2.24, 2.45) is 0 Å². The molecule has 0 saturated carbocycles. The van der Waals surface area contributed by atoms with E-state index in [1.54, 1.807) is 6.92 Å². The van der Waals surface area contributed by atoms with Crippen molar-refractivity contribution in [2.75, 3.05) is 12.3 Å². The van der Waals surface area contributed by atoms with Gasteiger partial charge in [0.05, 0.1) is 10.6 Å². The second kappa shape index (κ2) is 5.90. The number of benzene rings is 1. The van der Waals surface area contributed by atoms with E-state index in [0.717, 1.165) is 17.0 Å². The van der Waals surface area contributed by atoms with Crippen LogP contribution in [0.3, 0.4) is 0 Å². The van der Waals surface area contributed by atoms with Gasteiger partial charge < -0.3 is 5.73 Å². The van der Waals surface area contributed by atoms with Crippen LogP contribution in [-0.2, 0) is 16.6 Å². The molecule has 1 heterocycles. The zero-order valence-corrected chi connectivity index (χ0v) is 12.5. The van der Waals surface area contributed by atoms with Crippen molar-refractivity contribution in [2.45, 2.75) is 18.4 Å². The van der Waals surface area contributed by atoms with Crippen molar-refractivity contribution in [3.63, 3.8) is 0 Å². The number of sulfonamides is 1. The molecule has 2 rings (SSSR count). The Morgan fingerprint density at radius 2 is 2.10 bits per heavy atom. The molecule has 4 nitrogen and oxygen atoms in total. The van der Waals surface area contributed by atoms with Crippen LogP contribution in [0.25, 0.3) is 0 Å². The van der Waals surface area contributed by atoms with Crippen molar-refractivity contribution in [3.8, 4) is 0 Å². The summed E-state index contributed by atoms with van der Waals surface area (Å²) in [5.41, 5.74) is 5.27. The van der Waals surface area contributed by atoms with Crippen LogP contribution in [0.1, 0.15) is 11.8 Å². The van der Waals surface area contributed by atoms with E-state index >= 15 is 0 Å². The van der Waals surface area contributed by atoms with Crippen LogP contribution in [0, 0.1) is 5.82 Å². The van der Waals surface area contributed by atoms with Crippen molar-refractivity contribution in [1.29, 1.82) is 0 Å². The molecule has 0 atom stereocenters. The number of thiophene rings is 1. The van der Waals surface area contributed by atoms with Gasteiger partial charge in [0.25, 0.3) is 0 Å². The molecule has 0 amide bonds. The number of anilines is 1. The molecule has 0 radical (unpaired) electrons. The lowest BCUT2D eigenvalue weighted by atomic mass is 10.3. The SMILES string of the molecule is CCN(Cc1cccs1)S(=O)(=O)c1ccc(F)c(N)c1. The van der Waals surface area contributed by atoms with Crippen molar-refractivity contribution in [3.05, 3.63) is 46.4 Å². The first kappa shape index (κ1) is 15.0. The zero-order valence-electron chi connectivity index (χ0n) is 10.9. The molecular weight excluding hydrogens is 299 g/mol. The Balaban J connectivity index is 2.33. The van der Waals surface area contributed by atoms with Gasteiger partial charge >= 0.3 is 0 Å². The lowest BCUT2D eigenvalue weighted by Gasteiger charge is -2.20. The van der Waals surface area contributed by atoms with E-state index in [9.17, 15) is 12.8 Å². The molecular formula is C13H15FN2O2S2. The van der Waals surface area contributed by atoms with E-state index in [1.807, 2.05) is 17.5 Å². The van der Waals surface area contributed by atoms with E-state index < -0.39 is 15.8 Å². The maximum atomic E-state index is 13.1. The third-order valence-corrected chi connectivity index (χ3v) is 5.65. The number of halogens is 1. The Bertz CT molecular complexity index is 684. The molecule has 0 unspecified atom stereocenters. The summed E-state index contributed by atoms with van der Waals surface area (Å²) in [5, 5.41) is 1.89. The molecule has 1 aromatic carbocycles. The highest BCUT2D eigenvalue weighted by atomic mass is 32.2. The van der Waals surface area contributed by atoms with Crippen LogP contribution in [-0.4, -0.2) is 19.3 Å². The molecule has 108 valence electrons. The molecule has 0 aliphatic carbocycles. The van der Waals surface area contributed by atoms with Crippen LogP contribution >= 0.6 is 11.3 Å². The molecule has 20 heavy (non-hydrogen) atoms. The maximum absolute atomic E-state index is 13.1. The number of rotatable bonds is 5. The van der Waals surface area contributed by atoms with E-state index in [1.165, 1.54) is 21.7 Å². The van der Waals surface area contributed by atoms with Crippen molar-refractivity contribution >= 4 is 27.0 Å². The van der Waals surface area contributed by atoms with Gasteiger partial charge in [0, 0.05) is 18.0 Å². The van der Waals surface area contributed by atoms with E-state index in [2.05, 4.69) is 0 Å². The average molecular weight is 314 g/mol. The molecule has 1 aromatic heterocycles. The van der Waals surface area contributed by atoms with Crippen LogP contribution < -0.4 is 5.73 Å². The summed E-state index contributed by atoms with van der Waals surface area (Å²) < 4.78 is 39.5. The van der Waals surface area contributed by atoms with Crippen molar-refractivity contribution < 1.29 is 12.8 Å². The standard InChI is InChI=1S/C13H15FN2O2S2/c1-2-16(9-10-4-3-7-19-10)20(17,18)11-5-6-12(14)13(15)8-11/h3-8H,2,9,15H2,1H3. The first-order chi connectivity index (χ1) is 9.45. The smallest absolute Gasteiger partial charge is 0.243 e. The lowest BCUT2D eigenvalue weighted by molar-refractivity contribution is 0.426. The molecule has 0 fully saturated rings. The molecule has 2 aromatic rings. The second-order valence-corrected chi connectivity index (χ2v) is 7.16. The molecule has 0 saturated heterocycles. The minimum absolute atomic E-state index is 0.00908. The predicted molar refractivity (Wildman–Crippen MR) is 78.4 cm³/mol. The first-order valence-corrected chi connectivity index (χ1v) is 8.34. The van der Waals surface area contributed by atoms with Gasteiger partial charge in [-0.1, -0.05) is 13.0 Å². The van der Waals surface area contributed by atoms with E-state index in [4.69, 9.17) is 5.73 Å². The topological polar surface area (TPSA) is 63.4 Å². The molecule has 2 N–H and O–H groups in total. The normalized spacial score (nSPS) is 11.9. The summed E-state index contributed by atoms with van der Waals surface area (Å²) in [6.07, 6.45) is 0. The van der Waals surface area contributed by atoms with Gasteiger partial charge in [0.15, 0.2) is 0 Å². The fourth-order valence-electron chi connectivity index (χ4n) is 1.77. The van der Waals surface area contributed by atoms with Gasteiger partial charge in [-0.25, -0.2) is 12.8 Å². The van der Waals surface area contributed by atoms with Crippen LogP contribution in [0.5, 0.6) is 0 Å². The largest absolute Gasteiger partial charge is 0.396 e. The summed E-state index contributed by atoms with van der Waals surface area (Å²) in [7, 11) is -3.67. The number of nitrogen functional groups attached to an aromatic ring is 1. The Morgan fingerprint density at radius 1 is 1.35 bits per heavy atom. The highest BCUT2D eigenvalue weighted by molar-refractivity contribution is 7.89. The molecule has 0 spiro atoms. The third-order valence-electron chi connectivity index (χ3n) is 2.87. The minimum atomic E-state index is -3.67. The number of hydrogen-bond donors (Lipinski definition) is 1. The zero-order chi connectivity index (χ0) is 14.8. The van der Waals surface area contributed by atoms with Gasteiger partial charge in [0.2, 0.25) is 10.0 Å². The van der Waals surface area contributed by atoms with Gasteiger partial charge in [-0.15, -0.1) is 11.3 Å². The minimum Gasteiger partial charge on any atom is -0.396 e. The Morgan fingerprint density at radius 3 is 2.65 bits per heavy atom. The van der Waals surface area contributed by atoms with Crippen molar-refractivity contribution in [1.82, 2.24) is 4.31 Å².